The fourth-order valence-electron chi connectivity index (χ4n) is 1.38. The molecule has 14 heavy (non-hydrogen) atoms. The van der Waals surface area contributed by atoms with Gasteiger partial charge in [0.25, 0.3) is 0 Å². The van der Waals surface area contributed by atoms with Crippen LogP contribution in [-0.4, -0.2) is 12.6 Å². The van der Waals surface area contributed by atoms with Gasteiger partial charge in [0.05, 0.1) is 0 Å². The third kappa shape index (κ3) is 3.64. The minimum atomic E-state index is 0.376. The summed E-state index contributed by atoms with van der Waals surface area (Å²) >= 11 is 3.42. The molecule has 0 bridgehead atoms. The molecule has 1 unspecified atom stereocenters. The molecular weight excluding hydrogens is 238 g/mol. The maximum atomic E-state index is 3.82. The lowest BCUT2D eigenvalue weighted by Crippen LogP contribution is -2.28. The Kier molecular flexibility index (Phi) is 4.91. The van der Waals surface area contributed by atoms with Gasteiger partial charge in [-0.15, -0.1) is 6.58 Å². The van der Waals surface area contributed by atoms with E-state index < -0.39 is 0 Å². The summed E-state index contributed by atoms with van der Waals surface area (Å²) in [4.78, 5) is 0. The highest BCUT2D eigenvalue weighted by molar-refractivity contribution is 9.10. The summed E-state index contributed by atoms with van der Waals surface area (Å²) in [5, 5.41) is 3.37. The van der Waals surface area contributed by atoms with Crippen LogP contribution in [-0.2, 0) is 6.42 Å². The van der Waals surface area contributed by atoms with Crippen molar-refractivity contribution in [3.05, 3.63) is 47.0 Å². The van der Waals surface area contributed by atoms with Gasteiger partial charge in [-0.3, -0.25) is 0 Å². The van der Waals surface area contributed by atoms with Crippen molar-refractivity contribution >= 4 is 15.9 Å². The molecule has 0 saturated carbocycles. The number of hydrogen-bond donors (Lipinski definition) is 1. The van der Waals surface area contributed by atoms with Crippen LogP contribution in [0.2, 0.25) is 0 Å². The molecular formula is C12H16BrN. The second-order valence-electron chi connectivity index (χ2n) is 3.23. The van der Waals surface area contributed by atoms with Gasteiger partial charge < -0.3 is 5.32 Å². The minimum Gasteiger partial charge on any atom is -0.310 e. The Morgan fingerprint density at radius 2 is 2.07 bits per heavy atom. The molecule has 0 aliphatic heterocycles. The van der Waals surface area contributed by atoms with E-state index in [1.807, 2.05) is 6.08 Å². The van der Waals surface area contributed by atoms with E-state index in [9.17, 15) is 0 Å². The molecule has 0 amide bonds. The molecule has 1 N–H and O–H groups in total. The first-order chi connectivity index (χ1) is 6.76. The van der Waals surface area contributed by atoms with Crippen LogP contribution in [0.25, 0.3) is 0 Å². The van der Waals surface area contributed by atoms with Crippen LogP contribution in [0.3, 0.4) is 0 Å². The van der Waals surface area contributed by atoms with E-state index in [1.165, 1.54) is 5.56 Å². The zero-order chi connectivity index (χ0) is 10.4. The summed E-state index contributed by atoms with van der Waals surface area (Å²) in [7, 11) is 0. The van der Waals surface area contributed by atoms with Gasteiger partial charge in [-0.05, 0) is 30.7 Å². The zero-order valence-corrected chi connectivity index (χ0v) is 10.0. The van der Waals surface area contributed by atoms with Gasteiger partial charge in [0.1, 0.15) is 0 Å². The first-order valence-electron chi connectivity index (χ1n) is 4.86. The molecule has 1 nitrogen and oxygen atoms in total. The Labute approximate surface area is 94.3 Å². The van der Waals surface area contributed by atoms with E-state index in [0.717, 1.165) is 17.4 Å². The van der Waals surface area contributed by atoms with Crippen molar-refractivity contribution in [1.29, 1.82) is 0 Å². The van der Waals surface area contributed by atoms with E-state index in [-0.39, 0.29) is 0 Å². The molecule has 0 fully saturated rings. The standard InChI is InChI=1S/C12H16BrN/c1-3-12(14-4-2)9-10-5-7-11(13)8-6-10/h3,5-8,12,14H,1,4,9H2,2H3. The number of benzene rings is 1. The molecule has 76 valence electrons. The average Bonchev–Trinajstić information content (AvgIpc) is 2.20. The van der Waals surface area contributed by atoms with Gasteiger partial charge >= 0.3 is 0 Å². The van der Waals surface area contributed by atoms with E-state index in [4.69, 9.17) is 0 Å². The summed E-state index contributed by atoms with van der Waals surface area (Å²) in [5.74, 6) is 0. The van der Waals surface area contributed by atoms with Crippen LogP contribution in [0.1, 0.15) is 12.5 Å². The average molecular weight is 254 g/mol. The Bertz CT molecular complexity index is 279. The molecule has 1 atom stereocenters. The number of rotatable bonds is 5. The smallest absolute Gasteiger partial charge is 0.0287 e. The van der Waals surface area contributed by atoms with Crippen LogP contribution in [0.5, 0.6) is 0 Å². The van der Waals surface area contributed by atoms with Crippen molar-refractivity contribution in [3.63, 3.8) is 0 Å². The molecule has 0 saturated heterocycles. The number of nitrogens with one attached hydrogen (secondary N) is 1. The van der Waals surface area contributed by atoms with E-state index in [0.29, 0.717) is 6.04 Å². The topological polar surface area (TPSA) is 12.0 Å². The SMILES string of the molecule is C=CC(Cc1ccc(Br)cc1)NCC. The highest BCUT2D eigenvalue weighted by atomic mass is 79.9. The monoisotopic (exact) mass is 253 g/mol. The fourth-order valence-corrected chi connectivity index (χ4v) is 1.64. The molecule has 0 spiro atoms. The molecule has 0 aromatic heterocycles. The molecule has 0 radical (unpaired) electrons. The van der Waals surface area contributed by atoms with E-state index >= 15 is 0 Å². The largest absolute Gasteiger partial charge is 0.310 e. The van der Waals surface area contributed by atoms with Gasteiger partial charge in [-0.25, -0.2) is 0 Å². The van der Waals surface area contributed by atoms with Crippen molar-refractivity contribution in [3.8, 4) is 0 Å². The summed E-state index contributed by atoms with van der Waals surface area (Å²) in [5.41, 5.74) is 1.33. The van der Waals surface area contributed by atoms with Crippen LogP contribution < -0.4 is 5.32 Å². The quantitative estimate of drug-likeness (QED) is 0.796. The molecule has 0 aliphatic rings. The predicted molar refractivity (Wildman–Crippen MR) is 65.5 cm³/mol. The maximum absolute atomic E-state index is 3.82. The molecule has 0 heterocycles. The van der Waals surface area contributed by atoms with Crippen LogP contribution in [0.4, 0.5) is 0 Å². The van der Waals surface area contributed by atoms with Crippen LogP contribution >= 0.6 is 15.9 Å². The highest BCUT2D eigenvalue weighted by Crippen LogP contribution is 2.12. The maximum Gasteiger partial charge on any atom is 0.0287 e. The van der Waals surface area contributed by atoms with Gasteiger partial charge in [0.15, 0.2) is 0 Å². The van der Waals surface area contributed by atoms with Crippen LogP contribution in [0.15, 0.2) is 41.4 Å². The van der Waals surface area contributed by atoms with Crippen molar-refractivity contribution < 1.29 is 0 Å². The van der Waals surface area contributed by atoms with Gasteiger partial charge in [-0.1, -0.05) is 41.1 Å². The molecule has 1 aromatic rings. The minimum absolute atomic E-state index is 0.376. The van der Waals surface area contributed by atoms with Crippen molar-refractivity contribution in [2.24, 2.45) is 0 Å². The van der Waals surface area contributed by atoms with Gasteiger partial charge in [0, 0.05) is 10.5 Å². The molecule has 1 aromatic carbocycles. The second-order valence-corrected chi connectivity index (χ2v) is 4.15. The zero-order valence-electron chi connectivity index (χ0n) is 8.46. The summed E-state index contributed by atoms with van der Waals surface area (Å²) < 4.78 is 1.12. The fraction of sp³-hybridized carbons (Fsp3) is 0.333. The van der Waals surface area contributed by atoms with Crippen molar-refractivity contribution in [1.82, 2.24) is 5.32 Å². The highest BCUT2D eigenvalue weighted by Gasteiger charge is 2.02. The molecule has 0 aliphatic carbocycles. The van der Waals surface area contributed by atoms with Gasteiger partial charge in [0.2, 0.25) is 0 Å². The third-order valence-electron chi connectivity index (χ3n) is 2.12. The second kappa shape index (κ2) is 5.99. The van der Waals surface area contributed by atoms with Crippen molar-refractivity contribution in [2.75, 3.05) is 6.54 Å². The first-order valence-corrected chi connectivity index (χ1v) is 5.66. The lowest BCUT2D eigenvalue weighted by molar-refractivity contribution is 0.613. The Hall–Kier alpha value is -0.600. The Balaban J connectivity index is 2.57. The van der Waals surface area contributed by atoms with Crippen molar-refractivity contribution in [2.45, 2.75) is 19.4 Å². The summed E-state index contributed by atoms with van der Waals surface area (Å²) in [6.45, 7) is 6.91. The van der Waals surface area contributed by atoms with Crippen LogP contribution in [0, 0.1) is 0 Å². The Morgan fingerprint density at radius 1 is 1.43 bits per heavy atom. The lowest BCUT2D eigenvalue weighted by Gasteiger charge is -2.13. The van der Waals surface area contributed by atoms with Gasteiger partial charge in [-0.2, -0.15) is 0 Å². The summed E-state index contributed by atoms with van der Waals surface area (Å²) in [6.07, 6.45) is 2.97. The molecule has 2 heteroatoms. The number of likely N-dealkylation sites (N-methyl/N-ethyl adjacent to an activating group) is 1. The first kappa shape index (κ1) is 11.5. The molecule has 1 rings (SSSR count). The van der Waals surface area contributed by atoms with E-state index in [1.54, 1.807) is 0 Å². The lowest BCUT2D eigenvalue weighted by atomic mass is 10.1. The Morgan fingerprint density at radius 3 is 2.57 bits per heavy atom. The predicted octanol–water partition coefficient (Wildman–Crippen LogP) is 3.16. The number of halogens is 1. The summed E-state index contributed by atoms with van der Waals surface area (Å²) in [6, 6.07) is 8.79. The number of hydrogen-bond acceptors (Lipinski definition) is 1. The normalized spacial score (nSPS) is 12.4. The van der Waals surface area contributed by atoms with E-state index in [2.05, 4.69) is 59.0 Å². The third-order valence-corrected chi connectivity index (χ3v) is 2.65.